The second-order valence-corrected chi connectivity index (χ2v) is 7.82. The molecule has 3 heterocycles. The van der Waals surface area contributed by atoms with E-state index in [1.54, 1.807) is 6.07 Å². The molecule has 1 aliphatic rings. The van der Waals surface area contributed by atoms with Gasteiger partial charge in [0.1, 0.15) is 11.3 Å². The monoisotopic (exact) mass is 397 g/mol. The van der Waals surface area contributed by atoms with Crippen LogP contribution in [0.4, 0.5) is 5.69 Å². The highest BCUT2D eigenvalue weighted by molar-refractivity contribution is 7.12. The number of carbonyl (C=O) groups is 2. The van der Waals surface area contributed by atoms with Crippen molar-refractivity contribution in [2.45, 2.75) is 13.3 Å². The summed E-state index contributed by atoms with van der Waals surface area (Å²) in [7, 11) is 0. The predicted octanol–water partition coefficient (Wildman–Crippen LogP) is 3.91. The molecule has 1 aromatic carbocycles. The zero-order valence-electron chi connectivity index (χ0n) is 15.8. The van der Waals surface area contributed by atoms with Gasteiger partial charge in [-0.25, -0.2) is 0 Å². The number of nitrogens with one attached hydrogen (secondary N) is 1. The fraction of sp³-hybridized carbons (Fsp3) is 0.333. The van der Waals surface area contributed by atoms with Gasteiger partial charge in [-0.05, 0) is 36.5 Å². The van der Waals surface area contributed by atoms with Crippen molar-refractivity contribution in [3.05, 3.63) is 52.4 Å². The highest BCUT2D eigenvalue weighted by atomic mass is 32.1. The van der Waals surface area contributed by atoms with Gasteiger partial charge in [0, 0.05) is 31.6 Å². The molecular weight excluding hydrogens is 374 g/mol. The van der Waals surface area contributed by atoms with Crippen LogP contribution in [0.5, 0.6) is 0 Å². The number of hydrogen-bond donors (Lipinski definition) is 1. The Hall–Kier alpha value is -2.64. The number of hydrogen-bond acceptors (Lipinski definition) is 5. The van der Waals surface area contributed by atoms with E-state index in [4.69, 9.17) is 4.42 Å². The third-order valence-electron chi connectivity index (χ3n) is 4.97. The van der Waals surface area contributed by atoms with Crippen LogP contribution in [-0.4, -0.2) is 54.3 Å². The summed E-state index contributed by atoms with van der Waals surface area (Å²) in [6, 6.07) is 11.0. The van der Waals surface area contributed by atoms with E-state index in [0.29, 0.717) is 29.2 Å². The Morgan fingerprint density at radius 2 is 1.89 bits per heavy atom. The SMILES string of the molecule is CCCN1CCN(C(=O)c2oc3ccccc3c2NC(=O)c2cccs2)CC1. The zero-order chi connectivity index (χ0) is 19.5. The fourth-order valence-electron chi connectivity index (χ4n) is 3.54. The van der Waals surface area contributed by atoms with Crippen molar-refractivity contribution in [3.8, 4) is 0 Å². The Balaban J connectivity index is 1.61. The fourth-order valence-corrected chi connectivity index (χ4v) is 4.16. The highest BCUT2D eigenvalue weighted by Crippen LogP contribution is 2.32. The van der Waals surface area contributed by atoms with Gasteiger partial charge in [-0.15, -0.1) is 11.3 Å². The lowest BCUT2D eigenvalue weighted by Crippen LogP contribution is -2.48. The van der Waals surface area contributed by atoms with E-state index in [9.17, 15) is 9.59 Å². The minimum Gasteiger partial charge on any atom is -0.449 e. The van der Waals surface area contributed by atoms with Gasteiger partial charge in [-0.1, -0.05) is 25.1 Å². The number of anilines is 1. The molecule has 6 nitrogen and oxygen atoms in total. The van der Waals surface area contributed by atoms with Crippen LogP contribution in [-0.2, 0) is 0 Å². The quantitative estimate of drug-likeness (QED) is 0.709. The average molecular weight is 398 g/mol. The molecule has 0 unspecified atom stereocenters. The van der Waals surface area contributed by atoms with Crippen molar-refractivity contribution < 1.29 is 14.0 Å². The molecule has 1 N–H and O–H groups in total. The third kappa shape index (κ3) is 3.68. The molecule has 0 atom stereocenters. The van der Waals surface area contributed by atoms with E-state index in [-0.39, 0.29) is 17.6 Å². The molecule has 3 aromatic rings. The van der Waals surface area contributed by atoms with Crippen molar-refractivity contribution >= 4 is 39.8 Å². The van der Waals surface area contributed by atoms with Crippen LogP contribution in [0.3, 0.4) is 0 Å². The van der Waals surface area contributed by atoms with E-state index in [0.717, 1.165) is 31.4 Å². The van der Waals surface area contributed by atoms with Crippen LogP contribution < -0.4 is 5.32 Å². The molecule has 1 fully saturated rings. The molecule has 146 valence electrons. The second kappa shape index (κ2) is 8.16. The maximum atomic E-state index is 13.2. The van der Waals surface area contributed by atoms with Gasteiger partial charge in [0.2, 0.25) is 5.76 Å². The molecule has 2 aromatic heterocycles. The summed E-state index contributed by atoms with van der Waals surface area (Å²) in [6.07, 6.45) is 1.11. The topological polar surface area (TPSA) is 65.8 Å². The number of para-hydroxylation sites is 1. The number of piperazine rings is 1. The van der Waals surface area contributed by atoms with E-state index < -0.39 is 0 Å². The number of rotatable bonds is 5. The van der Waals surface area contributed by atoms with Gasteiger partial charge in [0.25, 0.3) is 11.8 Å². The number of nitrogens with zero attached hydrogens (tertiary/aromatic N) is 2. The standard InChI is InChI=1S/C21H23N3O3S/c1-2-9-23-10-12-24(13-11-23)21(26)19-18(15-6-3-4-7-16(15)27-19)22-20(25)17-8-5-14-28-17/h3-8,14H,2,9-13H2,1H3,(H,22,25). The largest absolute Gasteiger partial charge is 0.449 e. The molecular formula is C21H23N3O3S. The van der Waals surface area contributed by atoms with Crippen LogP contribution in [0.1, 0.15) is 33.6 Å². The molecule has 7 heteroatoms. The molecule has 28 heavy (non-hydrogen) atoms. The number of thiophene rings is 1. The Bertz CT molecular complexity index is 972. The maximum Gasteiger partial charge on any atom is 0.291 e. The number of amides is 2. The summed E-state index contributed by atoms with van der Waals surface area (Å²) in [6.45, 7) is 6.25. The lowest BCUT2D eigenvalue weighted by Gasteiger charge is -2.34. The average Bonchev–Trinajstić information content (AvgIpc) is 3.37. The molecule has 1 aliphatic heterocycles. The molecule has 0 radical (unpaired) electrons. The lowest BCUT2D eigenvalue weighted by molar-refractivity contribution is 0.0610. The summed E-state index contributed by atoms with van der Waals surface area (Å²) in [4.78, 5) is 30.6. The van der Waals surface area contributed by atoms with Crippen molar-refractivity contribution in [2.24, 2.45) is 0 Å². The third-order valence-corrected chi connectivity index (χ3v) is 5.84. The molecule has 4 rings (SSSR count). The van der Waals surface area contributed by atoms with Gasteiger partial charge in [-0.3, -0.25) is 14.5 Å². The normalized spacial score (nSPS) is 15.1. The minimum atomic E-state index is -0.233. The summed E-state index contributed by atoms with van der Waals surface area (Å²) in [5.41, 5.74) is 1.05. The Kier molecular flexibility index (Phi) is 5.45. The van der Waals surface area contributed by atoms with Crippen molar-refractivity contribution in [1.82, 2.24) is 9.80 Å². The molecule has 2 amide bonds. The Labute approximate surface area is 167 Å². The predicted molar refractivity (Wildman–Crippen MR) is 111 cm³/mol. The minimum absolute atomic E-state index is 0.172. The first-order valence-electron chi connectivity index (χ1n) is 9.55. The summed E-state index contributed by atoms with van der Waals surface area (Å²) >= 11 is 1.36. The Morgan fingerprint density at radius 1 is 1.11 bits per heavy atom. The smallest absolute Gasteiger partial charge is 0.291 e. The molecule has 0 bridgehead atoms. The Morgan fingerprint density at radius 3 is 2.61 bits per heavy atom. The second-order valence-electron chi connectivity index (χ2n) is 6.87. The highest BCUT2D eigenvalue weighted by Gasteiger charge is 2.29. The van der Waals surface area contributed by atoms with E-state index in [1.807, 2.05) is 40.6 Å². The molecule has 1 saturated heterocycles. The summed E-state index contributed by atoms with van der Waals surface area (Å²) < 4.78 is 5.89. The lowest BCUT2D eigenvalue weighted by atomic mass is 10.2. The van der Waals surface area contributed by atoms with Crippen LogP contribution in [0.25, 0.3) is 11.0 Å². The van der Waals surface area contributed by atoms with E-state index >= 15 is 0 Å². The number of fused-ring (bicyclic) bond motifs is 1. The molecule has 0 spiro atoms. The van der Waals surface area contributed by atoms with Gasteiger partial charge in [-0.2, -0.15) is 0 Å². The van der Waals surface area contributed by atoms with Gasteiger partial charge < -0.3 is 14.6 Å². The molecule has 0 aliphatic carbocycles. The first-order chi connectivity index (χ1) is 13.7. The van der Waals surface area contributed by atoms with Gasteiger partial charge >= 0.3 is 0 Å². The van der Waals surface area contributed by atoms with Crippen LogP contribution in [0.2, 0.25) is 0 Å². The van der Waals surface area contributed by atoms with Crippen LogP contribution in [0.15, 0.2) is 46.2 Å². The maximum absolute atomic E-state index is 13.2. The van der Waals surface area contributed by atoms with Crippen LogP contribution >= 0.6 is 11.3 Å². The zero-order valence-corrected chi connectivity index (χ0v) is 16.6. The van der Waals surface area contributed by atoms with Crippen molar-refractivity contribution in [1.29, 1.82) is 0 Å². The number of carbonyl (C=O) groups excluding carboxylic acids is 2. The van der Waals surface area contributed by atoms with Crippen molar-refractivity contribution in [3.63, 3.8) is 0 Å². The first kappa shape index (κ1) is 18.7. The first-order valence-corrected chi connectivity index (χ1v) is 10.4. The van der Waals surface area contributed by atoms with E-state index in [2.05, 4.69) is 17.1 Å². The van der Waals surface area contributed by atoms with E-state index in [1.165, 1.54) is 11.3 Å². The van der Waals surface area contributed by atoms with Crippen molar-refractivity contribution in [2.75, 3.05) is 38.0 Å². The van der Waals surface area contributed by atoms with Gasteiger partial charge in [0.15, 0.2) is 0 Å². The number of benzene rings is 1. The molecule has 0 saturated carbocycles. The van der Waals surface area contributed by atoms with Crippen LogP contribution in [0, 0.1) is 0 Å². The summed E-state index contributed by atoms with van der Waals surface area (Å²) in [5, 5.41) is 5.49. The number of furan rings is 1. The summed E-state index contributed by atoms with van der Waals surface area (Å²) in [5.74, 6) is -0.202. The van der Waals surface area contributed by atoms with Gasteiger partial charge in [0.05, 0.1) is 4.88 Å².